The summed E-state index contributed by atoms with van der Waals surface area (Å²) in [4.78, 5) is 0. The van der Waals surface area contributed by atoms with Gasteiger partial charge in [-0.15, -0.1) is 0 Å². The number of hydrogen-bond acceptors (Lipinski definition) is 2. The van der Waals surface area contributed by atoms with Gasteiger partial charge in [0.25, 0.3) is 0 Å². The van der Waals surface area contributed by atoms with Gasteiger partial charge in [-0.25, -0.2) is 4.39 Å². The van der Waals surface area contributed by atoms with E-state index in [4.69, 9.17) is 9.31 Å². The Morgan fingerprint density at radius 3 is 2.25 bits per heavy atom. The summed E-state index contributed by atoms with van der Waals surface area (Å²) in [6, 6.07) is 5.55. The smallest absolute Gasteiger partial charge is 0.399 e. The van der Waals surface area contributed by atoms with Crippen LogP contribution < -0.4 is 5.46 Å². The Bertz CT molecular complexity index is 662. The van der Waals surface area contributed by atoms with E-state index < -0.39 is 18.3 Å². The zero-order valence-electron chi connectivity index (χ0n) is 12.5. The topological polar surface area (TPSA) is 23.4 Å². The highest BCUT2D eigenvalue weighted by molar-refractivity contribution is 6.62. The third-order valence-corrected chi connectivity index (χ3v) is 4.51. The molecule has 1 aromatic carbocycles. The number of aryl methyl sites for hydroxylation is 1. The summed E-state index contributed by atoms with van der Waals surface area (Å²) in [5.74, 6) is -0.270. The van der Waals surface area contributed by atoms with Crippen molar-refractivity contribution in [2.75, 3.05) is 0 Å². The molecule has 3 rings (SSSR count). The van der Waals surface area contributed by atoms with E-state index >= 15 is 0 Å². The monoisotopic (exact) mass is 275 g/mol. The van der Waals surface area contributed by atoms with Gasteiger partial charge in [0.1, 0.15) is 5.82 Å². The molecule has 5 heteroatoms. The number of halogens is 1. The lowest BCUT2D eigenvalue weighted by atomic mass is 9.78. The molecule has 0 bridgehead atoms. The first-order chi connectivity index (χ1) is 9.23. The van der Waals surface area contributed by atoms with Crippen molar-refractivity contribution in [3.63, 3.8) is 0 Å². The van der Waals surface area contributed by atoms with E-state index in [-0.39, 0.29) is 5.82 Å². The molecule has 0 unspecified atom stereocenters. The summed E-state index contributed by atoms with van der Waals surface area (Å²) < 4.78 is 28.4. The Balaban J connectivity index is 2.08. The largest absolute Gasteiger partial charge is 0.497 e. The van der Waals surface area contributed by atoms with Crippen LogP contribution in [-0.4, -0.2) is 22.9 Å². The van der Waals surface area contributed by atoms with Crippen LogP contribution in [0.2, 0.25) is 0 Å². The van der Waals surface area contributed by atoms with Crippen molar-refractivity contribution in [3.8, 4) is 0 Å². The fourth-order valence-corrected chi connectivity index (χ4v) is 2.51. The molecular weight excluding hydrogens is 256 g/mol. The van der Waals surface area contributed by atoms with Crippen LogP contribution >= 0.6 is 0 Å². The van der Waals surface area contributed by atoms with Crippen molar-refractivity contribution in [1.82, 2.24) is 4.57 Å². The Morgan fingerprint density at radius 2 is 1.65 bits per heavy atom. The summed E-state index contributed by atoms with van der Waals surface area (Å²) in [5, 5.41) is 0.880. The van der Waals surface area contributed by atoms with Crippen LogP contribution in [0, 0.1) is 5.82 Å². The van der Waals surface area contributed by atoms with Gasteiger partial charge in [-0.2, -0.15) is 0 Å². The highest BCUT2D eigenvalue weighted by Gasteiger charge is 2.52. The molecule has 0 atom stereocenters. The molecule has 1 aliphatic rings. The van der Waals surface area contributed by atoms with E-state index in [9.17, 15) is 4.39 Å². The van der Waals surface area contributed by atoms with Crippen LogP contribution in [0.4, 0.5) is 4.39 Å². The Labute approximate surface area is 118 Å². The first-order valence-corrected chi connectivity index (χ1v) is 6.82. The Morgan fingerprint density at radius 1 is 1.05 bits per heavy atom. The molecule has 0 aliphatic carbocycles. The van der Waals surface area contributed by atoms with Gasteiger partial charge in [0.05, 0.1) is 16.7 Å². The second-order valence-electron chi connectivity index (χ2n) is 6.42. The third kappa shape index (κ3) is 1.80. The van der Waals surface area contributed by atoms with Gasteiger partial charge in [-0.3, -0.25) is 0 Å². The number of benzene rings is 1. The molecule has 1 aliphatic heterocycles. The normalized spacial score (nSPS) is 20.8. The molecule has 1 aromatic heterocycles. The van der Waals surface area contributed by atoms with Crippen molar-refractivity contribution >= 4 is 23.5 Å². The third-order valence-electron chi connectivity index (χ3n) is 4.51. The average molecular weight is 275 g/mol. The fourth-order valence-electron chi connectivity index (χ4n) is 2.51. The molecular formula is C15H19BFNO2. The average Bonchev–Trinajstić information content (AvgIpc) is 2.79. The highest BCUT2D eigenvalue weighted by atomic mass is 19.1. The maximum absolute atomic E-state index is 14.7. The van der Waals surface area contributed by atoms with Gasteiger partial charge < -0.3 is 13.9 Å². The lowest BCUT2D eigenvalue weighted by Crippen LogP contribution is -2.41. The minimum absolute atomic E-state index is 0.270. The summed E-state index contributed by atoms with van der Waals surface area (Å²) in [6.07, 6.45) is 1.85. The molecule has 0 radical (unpaired) electrons. The van der Waals surface area contributed by atoms with Crippen LogP contribution in [0.5, 0.6) is 0 Å². The number of rotatable bonds is 1. The molecule has 0 amide bonds. The molecule has 0 saturated carbocycles. The fraction of sp³-hybridized carbons (Fsp3) is 0.467. The van der Waals surface area contributed by atoms with Crippen LogP contribution in [0.1, 0.15) is 27.7 Å². The lowest BCUT2D eigenvalue weighted by Gasteiger charge is -2.32. The lowest BCUT2D eigenvalue weighted by molar-refractivity contribution is 0.00578. The predicted molar refractivity (Wildman–Crippen MR) is 78.6 cm³/mol. The molecule has 2 heterocycles. The summed E-state index contributed by atoms with van der Waals surface area (Å²) in [7, 11) is 1.17. The van der Waals surface area contributed by atoms with E-state index in [0.717, 1.165) is 5.39 Å². The minimum atomic E-state index is -0.667. The van der Waals surface area contributed by atoms with E-state index in [1.165, 1.54) is 0 Å². The molecule has 20 heavy (non-hydrogen) atoms. The van der Waals surface area contributed by atoms with Crippen molar-refractivity contribution in [3.05, 3.63) is 30.2 Å². The summed E-state index contributed by atoms with van der Waals surface area (Å²) >= 11 is 0. The van der Waals surface area contributed by atoms with Crippen molar-refractivity contribution in [2.45, 2.75) is 38.9 Å². The Hall–Kier alpha value is -1.33. The standard InChI is InChI=1S/C15H19BFNO2/c1-14(2)15(3,4)20-16(19-14)11-7-6-10-8-9-18(5)13(10)12(11)17/h6-9H,1-5H3. The minimum Gasteiger partial charge on any atom is -0.399 e. The van der Waals surface area contributed by atoms with Crippen molar-refractivity contribution in [1.29, 1.82) is 0 Å². The number of fused-ring (bicyclic) bond motifs is 1. The van der Waals surface area contributed by atoms with Crippen LogP contribution in [0.15, 0.2) is 24.4 Å². The van der Waals surface area contributed by atoms with E-state index in [1.807, 2.05) is 53.1 Å². The van der Waals surface area contributed by atoms with Crippen LogP contribution in [0.3, 0.4) is 0 Å². The Kier molecular flexibility index (Phi) is 2.79. The maximum Gasteiger partial charge on any atom is 0.497 e. The highest BCUT2D eigenvalue weighted by Crippen LogP contribution is 2.36. The number of aromatic nitrogens is 1. The molecule has 1 fully saturated rings. The molecule has 3 nitrogen and oxygen atoms in total. The van der Waals surface area contributed by atoms with Crippen molar-refractivity contribution in [2.24, 2.45) is 7.05 Å². The van der Waals surface area contributed by atoms with Crippen molar-refractivity contribution < 1.29 is 13.7 Å². The molecule has 106 valence electrons. The summed E-state index contributed by atoms with van der Waals surface area (Å²) in [5.41, 5.74) is 0.107. The van der Waals surface area contributed by atoms with Crippen LogP contribution in [-0.2, 0) is 16.4 Å². The van der Waals surface area contributed by atoms with Gasteiger partial charge in [0, 0.05) is 24.1 Å². The van der Waals surface area contributed by atoms with E-state index in [1.54, 1.807) is 10.6 Å². The zero-order valence-corrected chi connectivity index (χ0v) is 12.5. The molecule has 2 aromatic rings. The van der Waals surface area contributed by atoms with E-state index in [0.29, 0.717) is 11.0 Å². The van der Waals surface area contributed by atoms with Gasteiger partial charge >= 0.3 is 7.12 Å². The van der Waals surface area contributed by atoms with Gasteiger partial charge in [0.15, 0.2) is 0 Å². The summed E-state index contributed by atoms with van der Waals surface area (Å²) in [6.45, 7) is 7.86. The quantitative estimate of drug-likeness (QED) is 0.747. The molecule has 1 saturated heterocycles. The first kappa shape index (κ1) is 13.6. The van der Waals surface area contributed by atoms with Gasteiger partial charge in [0.2, 0.25) is 0 Å². The molecule has 0 spiro atoms. The number of hydrogen-bond donors (Lipinski definition) is 0. The van der Waals surface area contributed by atoms with Crippen LogP contribution in [0.25, 0.3) is 10.9 Å². The van der Waals surface area contributed by atoms with Gasteiger partial charge in [-0.05, 0) is 33.8 Å². The molecule has 0 N–H and O–H groups in total. The van der Waals surface area contributed by atoms with Gasteiger partial charge in [-0.1, -0.05) is 12.1 Å². The van der Waals surface area contributed by atoms with E-state index in [2.05, 4.69) is 0 Å². The maximum atomic E-state index is 14.7. The zero-order chi connectivity index (χ0) is 14.7. The SMILES string of the molecule is Cn1ccc2ccc(B3OC(C)(C)C(C)(C)O3)c(F)c21. The number of nitrogens with zero attached hydrogens (tertiary/aromatic N) is 1. The first-order valence-electron chi connectivity index (χ1n) is 6.82. The predicted octanol–water partition coefficient (Wildman–Crippen LogP) is 2.62. The second-order valence-corrected chi connectivity index (χ2v) is 6.42. The second kappa shape index (κ2) is 4.09.